The van der Waals surface area contributed by atoms with Crippen LogP contribution in [0.2, 0.25) is 0 Å². The number of nitrogens with two attached hydrogens (primary N) is 1. The van der Waals surface area contributed by atoms with Crippen LogP contribution >= 0.6 is 12.4 Å². The SMILES string of the molecule is COc1ccc(CC(C)N)c(OC)c1OC.Cl. The maximum atomic E-state index is 5.78. The van der Waals surface area contributed by atoms with Gasteiger partial charge in [0.1, 0.15) is 0 Å². The highest BCUT2D eigenvalue weighted by Gasteiger charge is 2.16. The zero-order valence-corrected chi connectivity index (χ0v) is 11.5. The number of halogens is 1. The number of hydrogen-bond donors (Lipinski definition) is 1. The van der Waals surface area contributed by atoms with Crippen LogP contribution in [-0.4, -0.2) is 27.4 Å². The topological polar surface area (TPSA) is 53.7 Å². The molecule has 1 rings (SSSR count). The summed E-state index contributed by atoms with van der Waals surface area (Å²) in [5, 5.41) is 0. The lowest BCUT2D eigenvalue weighted by molar-refractivity contribution is 0.322. The largest absolute Gasteiger partial charge is 0.493 e. The molecule has 0 amide bonds. The molecule has 0 spiro atoms. The highest BCUT2D eigenvalue weighted by Crippen LogP contribution is 2.39. The summed E-state index contributed by atoms with van der Waals surface area (Å²) in [4.78, 5) is 0. The quantitative estimate of drug-likeness (QED) is 0.881. The van der Waals surface area contributed by atoms with Gasteiger partial charge in [-0.1, -0.05) is 6.07 Å². The molecular weight excluding hydrogens is 242 g/mol. The maximum Gasteiger partial charge on any atom is 0.203 e. The third-order valence-electron chi connectivity index (χ3n) is 2.33. The second-order valence-corrected chi connectivity index (χ2v) is 3.67. The molecule has 0 saturated heterocycles. The average Bonchev–Trinajstić information content (AvgIpc) is 2.27. The van der Waals surface area contributed by atoms with E-state index in [9.17, 15) is 0 Å². The van der Waals surface area contributed by atoms with Crippen molar-refractivity contribution in [2.45, 2.75) is 19.4 Å². The van der Waals surface area contributed by atoms with Crippen LogP contribution < -0.4 is 19.9 Å². The first kappa shape index (κ1) is 15.9. The Balaban J connectivity index is 0.00000256. The van der Waals surface area contributed by atoms with Crippen molar-refractivity contribution >= 4 is 12.4 Å². The predicted octanol–water partition coefficient (Wildman–Crippen LogP) is 2.02. The Labute approximate surface area is 108 Å². The van der Waals surface area contributed by atoms with Crippen LogP contribution in [0.4, 0.5) is 0 Å². The molecule has 0 saturated carbocycles. The van der Waals surface area contributed by atoms with E-state index in [1.807, 2.05) is 19.1 Å². The van der Waals surface area contributed by atoms with Crippen LogP contribution in [0.5, 0.6) is 17.2 Å². The third-order valence-corrected chi connectivity index (χ3v) is 2.33. The van der Waals surface area contributed by atoms with E-state index >= 15 is 0 Å². The summed E-state index contributed by atoms with van der Waals surface area (Å²) in [5.74, 6) is 1.97. The smallest absolute Gasteiger partial charge is 0.203 e. The molecule has 5 heteroatoms. The van der Waals surface area contributed by atoms with Crippen molar-refractivity contribution in [2.24, 2.45) is 5.73 Å². The molecular formula is C12H20ClNO3. The molecule has 17 heavy (non-hydrogen) atoms. The van der Waals surface area contributed by atoms with Crippen LogP contribution in [0.3, 0.4) is 0 Å². The normalized spacial score (nSPS) is 11.4. The second kappa shape index (κ2) is 7.25. The molecule has 1 aromatic rings. The Morgan fingerprint density at radius 1 is 1.06 bits per heavy atom. The molecule has 1 aromatic carbocycles. The minimum Gasteiger partial charge on any atom is -0.493 e. The Morgan fingerprint density at radius 2 is 1.65 bits per heavy atom. The third kappa shape index (κ3) is 3.68. The minimum absolute atomic E-state index is 0. The fourth-order valence-corrected chi connectivity index (χ4v) is 1.67. The van der Waals surface area contributed by atoms with Gasteiger partial charge in [0.05, 0.1) is 21.3 Å². The average molecular weight is 262 g/mol. The van der Waals surface area contributed by atoms with Crippen molar-refractivity contribution < 1.29 is 14.2 Å². The van der Waals surface area contributed by atoms with Crippen LogP contribution in [0.15, 0.2) is 12.1 Å². The number of hydrogen-bond acceptors (Lipinski definition) is 4. The zero-order valence-electron chi connectivity index (χ0n) is 10.6. The molecule has 1 unspecified atom stereocenters. The van der Waals surface area contributed by atoms with Crippen molar-refractivity contribution in [2.75, 3.05) is 21.3 Å². The van der Waals surface area contributed by atoms with Crippen LogP contribution in [-0.2, 0) is 6.42 Å². The van der Waals surface area contributed by atoms with E-state index in [-0.39, 0.29) is 18.4 Å². The van der Waals surface area contributed by atoms with Gasteiger partial charge in [0, 0.05) is 6.04 Å². The lowest BCUT2D eigenvalue weighted by Gasteiger charge is -2.16. The highest BCUT2D eigenvalue weighted by atomic mass is 35.5. The lowest BCUT2D eigenvalue weighted by Crippen LogP contribution is -2.18. The fraction of sp³-hybridized carbons (Fsp3) is 0.500. The van der Waals surface area contributed by atoms with Gasteiger partial charge in [0.2, 0.25) is 5.75 Å². The first-order chi connectivity index (χ1) is 7.63. The van der Waals surface area contributed by atoms with Crippen molar-refractivity contribution in [1.29, 1.82) is 0 Å². The van der Waals surface area contributed by atoms with Gasteiger partial charge < -0.3 is 19.9 Å². The molecule has 4 nitrogen and oxygen atoms in total. The summed E-state index contributed by atoms with van der Waals surface area (Å²) in [6.07, 6.45) is 0.740. The van der Waals surface area contributed by atoms with Crippen LogP contribution in [0.25, 0.3) is 0 Å². The fourth-order valence-electron chi connectivity index (χ4n) is 1.67. The number of benzene rings is 1. The predicted molar refractivity (Wildman–Crippen MR) is 70.7 cm³/mol. The summed E-state index contributed by atoms with van der Waals surface area (Å²) in [6.45, 7) is 1.95. The molecule has 0 aliphatic rings. The molecule has 2 N–H and O–H groups in total. The van der Waals surface area contributed by atoms with Crippen molar-refractivity contribution in [3.8, 4) is 17.2 Å². The van der Waals surface area contributed by atoms with Gasteiger partial charge in [-0.3, -0.25) is 0 Å². The van der Waals surface area contributed by atoms with E-state index in [2.05, 4.69) is 0 Å². The summed E-state index contributed by atoms with van der Waals surface area (Å²) in [6, 6.07) is 3.88. The summed E-state index contributed by atoms with van der Waals surface area (Å²) < 4.78 is 15.8. The van der Waals surface area contributed by atoms with Crippen LogP contribution in [0.1, 0.15) is 12.5 Å². The van der Waals surface area contributed by atoms with E-state index in [4.69, 9.17) is 19.9 Å². The molecule has 98 valence electrons. The van der Waals surface area contributed by atoms with Gasteiger partial charge in [-0.15, -0.1) is 12.4 Å². The van der Waals surface area contributed by atoms with Gasteiger partial charge >= 0.3 is 0 Å². The van der Waals surface area contributed by atoms with E-state index in [0.717, 1.165) is 12.0 Å². The number of rotatable bonds is 5. The van der Waals surface area contributed by atoms with Crippen LogP contribution in [0, 0.1) is 0 Å². The molecule has 0 aliphatic carbocycles. The van der Waals surface area contributed by atoms with Crippen molar-refractivity contribution in [1.82, 2.24) is 0 Å². The molecule has 1 atom stereocenters. The van der Waals surface area contributed by atoms with Crippen molar-refractivity contribution in [3.63, 3.8) is 0 Å². The maximum absolute atomic E-state index is 5.78. The Hall–Kier alpha value is -1.13. The summed E-state index contributed by atoms with van der Waals surface area (Å²) >= 11 is 0. The molecule has 0 aliphatic heterocycles. The van der Waals surface area contributed by atoms with Gasteiger partial charge in [-0.05, 0) is 25.0 Å². The number of ether oxygens (including phenoxy) is 3. The molecule has 0 heterocycles. The first-order valence-corrected chi connectivity index (χ1v) is 5.17. The molecule has 0 bridgehead atoms. The minimum atomic E-state index is 0. The Bertz CT molecular complexity index is 356. The van der Waals surface area contributed by atoms with Gasteiger partial charge in [-0.2, -0.15) is 0 Å². The summed E-state index contributed by atoms with van der Waals surface area (Å²) in [5.41, 5.74) is 6.81. The van der Waals surface area contributed by atoms with E-state index in [0.29, 0.717) is 17.2 Å². The highest BCUT2D eigenvalue weighted by molar-refractivity contribution is 5.85. The Kier molecular flexibility index (Phi) is 6.76. The lowest BCUT2D eigenvalue weighted by atomic mass is 10.1. The number of methoxy groups -OCH3 is 3. The van der Waals surface area contributed by atoms with E-state index in [1.54, 1.807) is 21.3 Å². The van der Waals surface area contributed by atoms with Gasteiger partial charge in [0.25, 0.3) is 0 Å². The van der Waals surface area contributed by atoms with E-state index in [1.165, 1.54) is 0 Å². The zero-order chi connectivity index (χ0) is 12.1. The molecule has 0 radical (unpaired) electrons. The monoisotopic (exact) mass is 261 g/mol. The van der Waals surface area contributed by atoms with Gasteiger partial charge in [-0.25, -0.2) is 0 Å². The second-order valence-electron chi connectivity index (χ2n) is 3.67. The van der Waals surface area contributed by atoms with E-state index < -0.39 is 0 Å². The standard InChI is InChI=1S/C12H19NO3.ClH/c1-8(13)7-9-5-6-10(14-2)12(16-4)11(9)15-3;/h5-6,8H,7,13H2,1-4H3;1H. The molecule has 0 fully saturated rings. The Morgan fingerprint density at radius 3 is 2.06 bits per heavy atom. The van der Waals surface area contributed by atoms with Gasteiger partial charge in [0.15, 0.2) is 11.5 Å². The van der Waals surface area contributed by atoms with Crippen molar-refractivity contribution in [3.05, 3.63) is 17.7 Å². The summed E-state index contributed by atoms with van der Waals surface area (Å²) in [7, 11) is 4.81. The first-order valence-electron chi connectivity index (χ1n) is 5.17. The molecule has 0 aromatic heterocycles.